The van der Waals surface area contributed by atoms with Crippen molar-refractivity contribution in [2.24, 2.45) is 0 Å². The molecule has 0 aliphatic rings. The van der Waals surface area contributed by atoms with Gasteiger partial charge < -0.3 is 14.5 Å². The Kier molecular flexibility index (Phi) is 6.67. The Morgan fingerprint density at radius 1 is 1.23 bits per heavy atom. The van der Waals surface area contributed by atoms with Gasteiger partial charge in [0.2, 0.25) is 5.91 Å². The molecule has 2 aromatic rings. The van der Waals surface area contributed by atoms with Gasteiger partial charge in [0.15, 0.2) is 0 Å². The molecule has 0 saturated heterocycles. The molecule has 136 valence electrons. The number of carbonyl (C=O) groups is 2. The topological polar surface area (TPSA) is 112 Å². The first kappa shape index (κ1) is 18.9. The van der Waals surface area contributed by atoms with Crippen molar-refractivity contribution in [3.05, 3.63) is 63.9 Å². The van der Waals surface area contributed by atoms with E-state index < -0.39 is 10.8 Å². The third-order valence-corrected chi connectivity index (χ3v) is 3.34. The number of nitrogens with zero attached hydrogens (tertiary/aromatic N) is 1. The molecular weight excluding hydrogens is 340 g/mol. The van der Waals surface area contributed by atoms with Crippen LogP contribution in [0.4, 0.5) is 11.6 Å². The predicted octanol–water partition coefficient (Wildman–Crippen LogP) is 3.34. The van der Waals surface area contributed by atoms with Crippen LogP contribution in [0.25, 0.3) is 6.08 Å². The van der Waals surface area contributed by atoms with Crippen LogP contribution in [0, 0.1) is 10.1 Å². The Bertz CT molecular complexity index is 807. The largest absolute Gasteiger partial charge is 0.466 e. The maximum atomic E-state index is 11.9. The summed E-state index contributed by atoms with van der Waals surface area (Å²) < 4.78 is 9.79. The van der Waals surface area contributed by atoms with Gasteiger partial charge in [-0.3, -0.25) is 19.7 Å². The van der Waals surface area contributed by atoms with Crippen molar-refractivity contribution in [2.45, 2.75) is 19.8 Å². The lowest BCUT2D eigenvalue weighted by atomic mass is 10.1. The van der Waals surface area contributed by atoms with Gasteiger partial charge in [-0.05, 0) is 43.2 Å². The van der Waals surface area contributed by atoms with Crippen molar-refractivity contribution in [1.82, 2.24) is 0 Å². The third kappa shape index (κ3) is 5.90. The van der Waals surface area contributed by atoms with E-state index in [1.165, 1.54) is 24.3 Å². The summed E-state index contributed by atoms with van der Waals surface area (Å²) in [6.45, 7) is 2.12. The molecule has 0 saturated carbocycles. The molecule has 0 aliphatic heterocycles. The van der Waals surface area contributed by atoms with Crippen LogP contribution in [-0.4, -0.2) is 23.4 Å². The zero-order chi connectivity index (χ0) is 18.9. The van der Waals surface area contributed by atoms with Crippen molar-refractivity contribution in [2.75, 3.05) is 11.9 Å². The highest BCUT2D eigenvalue weighted by atomic mass is 16.6. The van der Waals surface area contributed by atoms with Gasteiger partial charge in [0.25, 0.3) is 0 Å². The first-order chi connectivity index (χ1) is 12.5. The summed E-state index contributed by atoms with van der Waals surface area (Å²) in [4.78, 5) is 33.1. The monoisotopic (exact) mass is 358 g/mol. The van der Waals surface area contributed by atoms with Gasteiger partial charge in [-0.1, -0.05) is 12.1 Å². The summed E-state index contributed by atoms with van der Waals surface area (Å²) in [5.41, 5.74) is 1.54. The smallest absolute Gasteiger partial charge is 0.433 e. The van der Waals surface area contributed by atoms with E-state index >= 15 is 0 Å². The number of nitrogens with one attached hydrogen (secondary N) is 1. The highest BCUT2D eigenvalue weighted by molar-refractivity contribution is 6.01. The number of hydrogen-bond acceptors (Lipinski definition) is 6. The number of amides is 1. The number of hydrogen-bond donors (Lipinski definition) is 1. The van der Waals surface area contributed by atoms with Gasteiger partial charge >= 0.3 is 11.9 Å². The minimum atomic E-state index is -0.652. The van der Waals surface area contributed by atoms with E-state index in [1.54, 1.807) is 19.1 Å². The van der Waals surface area contributed by atoms with E-state index in [2.05, 4.69) is 5.32 Å². The lowest BCUT2D eigenvalue weighted by Gasteiger charge is -2.05. The van der Waals surface area contributed by atoms with E-state index in [0.717, 1.165) is 5.56 Å². The second-order valence-electron chi connectivity index (χ2n) is 5.26. The van der Waals surface area contributed by atoms with Crippen LogP contribution < -0.4 is 5.32 Å². The van der Waals surface area contributed by atoms with Crippen LogP contribution in [0.5, 0.6) is 0 Å². The Morgan fingerprint density at radius 3 is 2.58 bits per heavy atom. The highest BCUT2D eigenvalue weighted by Crippen LogP contribution is 2.17. The Balaban J connectivity index is 1.85. The summed E-state index contributed by atoms with van der Waals surface area (Å²) >= 11 is 0. The summed E-state index contributed by atoms with van der Waals surface area (Å²) in [6, 6.07) is 9.70. The molecule has 1 heterocycles. The molecule has 1 aromatic carbocycles. The molecule has 0 radical (unpaired) electrons. The standard InChI is InChI=1S/C18H18N2O6/c1-2-25-18(22)12-5-13-3-6-14(7-4-13)19-16(21)10-8-15-9-11-17(26-15)20(23)24/h3-4,6-11H,2,5,12H2,1H3,(H,19,21). The molecular formula is C18H18N2O6. The van der Waals surface area contributed by atoms with E-state index in [0.29, 0.717) is 25.1 Å². The summed E-state index contributed by atoms with van der Waals surface area (Å²) in [5, 5.41) is 13.2. The number of carbonyl (C=O) groups excluding carboxylic acids is 2. The number of esters is 1. The molecule has 1 aromatic heterocycles. The molecule has 1 amide bonds. The molecule has 8 nitrogen and oxygen atoms in total. The van der Waals surface area contributed by atoms with Crippen molar-refractivity contribution >= 4 is 29.5 Å². The van der Waals surface area contributed by atoms with Gasteiger partial charge in [-0.15, -0.1) is 0 Å². The zero-order valence-corrected chi connectivity index (χ0v) is 14.1. The summed E-state index contributed by atoms with van der Waals surface area (Å²) in [5.74, 6) is -0.818. The van der Waals surface area contributed by atoms with Crippen molar-refractivity contribution in [1.29, 1.82) is 0 Å². The van der Waals surface area contributed by atoms with Crippen molar-refractivity contribution in [3.63, 3.8) is 0 Å². The van der Waals surface area contributed by atoms with Crippen molar-refractivity contribution < 1.29 is 23.7 Å². The molecule has 2 rings (SSSR count). The lowest BCUT2D eigenvalue weighted by molar-refractivity contribution is -0.402. The zero-order valence-electron chi connectivity index (χ0n) is 14.1. The summed E-state index contributed by atoms with van der Waals surface area (Å²) in [6.07, 6.45) is 3.43. The van der Waals surface area contributed by atoms with Crippen LogP contribution in [0.15, 0.2) is 46.9 Å². The number of furan rings is 1. The first-order valence-corrected chi connectivity index (χ1v) is 7.95. The molecule has 26 heavy (non-hydrogen) atoms. The van der Waals surface area contributed by atoms with Gasteiger partial charge in [0.1, 0.15) is 10.7 Å². The van der Waals surface area contributed by atoms with Crippen molar-refractivity contribution in [3.8, 4) is 0 Å². The molecule has 0 fully saturated rings. The van der Waals surface area contributed by atoms with Crippen LogP contribution in [0.3, 0.4) is 0 Å². The number of rotatable bonds is 8. The molecule has 0 aliphatic carbocycles. The van der Waals surface area contributed by atoms with Gasteiger partial charge in [-0.2, -0.15) is 0 Å². The van der Waals surface area contributed by atoms with E-state index in [4.69, 9.17) is 9.15 Å². The number of nitro groups is 1. The maximum Gasteiger partial charge on any atom is 0.433 e. The Labute approximate surface area is 149 Å². The number of aryl methyl sites for hydroxylation is 1. The fraction of sp³-hybridized carbons (Fsp3) is 0.222. The van der Waals surface area contributed by atoms with E-state index in [1.807, 2.05) is 12.1 Å². The number of benzene rings is 1. The molecule has 8 heteroatoms. The van der Waals surface area contributed by atoms with Gasteiger partial charge in [-0.25, -0.2) is 0 Å². The lowest BCUT2D eigenvalue weighted by Crippen LogP contribution is -2.08. The van der Waals surface area contributed by atoms with Gasteiger partial charge in [0.05, 0.1) is 12.7 Å². The maximum absolute atomic E-state index is 11.9. The van der Waals surface area contributed by atoms with E-state index in [9.17, 15) is 19.7 Å². The average molecular weight is 358 g/mol. The summed E-state index contributed by atoms with van der Waals surface area (Å²) in [7, 11) is 0. The highest BCUT2D eigenvalue weighted by Gasteiger charge is 2.10. The quantitative estimate of drug-likeness (QED) is 0.335. The minimum absolute atomic E-state index is 0.209. The molecule has 0 unspecified atom stereocenters. The van der Waals surface area contributed by atoms with Crippen LogP contribution in [-0.2, 0) is 20.7 Å². The van der Waals surface area contributed by atoms with E-state index in [-0.39, 0.29) is 17.6 Å². The molecule has 1 N–H and O–H groups in total. The Hall–Kier alpha value is -3.42. The normalized spacial score (nSPS) is 10.7. The van der Waals surface area contributed by atoms with Crippen LogP contribution in [0.2, 0.25) is 0 Å². The fourth-order valence-electron chi connectivity index (χ4n) is 2.11. The molecule has 0 bridgehead atoms. The van der Waals surface area contributed by atoms with Crippen LogP contribution in [0.1, 0.15) is 24.7 Å². The second-order valence-corrected chi connectivity index (χ2v) is 5.26. The van der Waals surface area contributed by atoms with Gasteiger partial charge in [0, 0.05) is 18.2 Å². The SMILES string of the molecule is CCOC(=O)CCc1ccc(NC(=O)C=Cc2ccc([N+](=O)[O-])o2)cc1. The first-order valence-electron chi connectivity index (χ1n) is 7.95. The average Bonchev–Trinajstić information content (AvgIpc) is 3.09. The minimum Gasteiger partial charge on any atom is -0.466 e. The fourth-order valence-corrected chi connectivity index (χ4v) is 2.11. The van der Waals surface area contributed by atoms with Crippen LogP contribution >= 0.6 is 0 Å². The molecule has 0 spiro atoms. The number of anilines is 1. The second kappa shape index (κ2) is 9.16. The predicted molar refractivity (Wildman–Crippen MR) is 94.4 cm³/mol. The molecule has 0 atom stereocenters. The number of ether oxygens (including phenoxy) is 1. The third-order valence-electron chi connectivity index (χ3n) is 3.34. The Morgan fingerprint density at radius 2 is 1.96 bits per heavy atom.